The molecule has 0 fully saturated rings. The monoisotopic (exact) mass is 310 g/mol. The average molecular weight is 310 g/mol. The Balaban J connectivity index is 1.56. The number of aromatic nitrogens is 1. The lowest BCUT2D eigenvalue weighted by atomic mass is 10.2. The SMILES string of the molecule is CC(COc1ccc2ccc(=O)oc2c1)NCc1cccnc1. The van der Waals surface area contributed by atoms with Gasteiger partial charge in [0.1, 0.15) is 17.9 Å². The first-order valence-corrected chi connectivity index (χ1v) is 7.50. The van der Waals surface area contributed by atoms with Crippen molar-refractivity contribution >= 4 is 11.0 Å². The van der Waals surface area contributed by atoms with Crippen molar-refractivity contribution in [3.8, 4) is 5.75 Å². The van der Waals surface area contributed by atoms with Gasteiger partial charge in [-0.3, -0.25) is 4.98 Å². The maximum atomic E-state index is 11.3. The maximum absolute atomic E-state index is 11.3. The van der Waals surface area contributed by atoms with Crippen LogP contribution >= 0.6 is 0 Å². The molecular weight excluding hydrogens is 292 g/mol. The summed E-state index contributed by atoms with van der Waals surface area (Å²) in [6.45, 7) is 3.31. The van der Waals surface area contributed by atoms with Gasteiger partial charge in [-0.15, -0.1) is 0 Å². The Bertz CT molecular complexity index is 830. The van der Waals surface area contributed by atoms with Crippen molar-refractivity contribution in [1.29, 1.82) is 0 Å². The van der Waals surface area contributed by atoms with Crippen LogP contribution < -0.4 is 15.7 Å². The Morgan fingerprint density at radius 1 is 1.26 bits per heavy atom. The van der Waals surface area contributed by atoms with E-state index in [1.54, 1.807) is 18.3 Å². The molecular formula is C18H18N2O3. The van der Waals surface area contributed by atoms with E-state index >= 15 is 0 Å². The van der Waals surface area contributed by atoms with Gasteiger partial charge in [0.25, 0.3) is 0 Å². The Labute approximate surface area is 133 Å². The van der Waals surface area contributed by atoms with Crippen molar-refractivity contribution in [3.63, 3.8) is 0 Å². The zero-order valence-electron chi connectivity index (χ0n) is 12.9. The summed E-state index contributed by atoms with van der Waals surface area (Å²) in [5.41, 5.74) is 1.30. The summed E-state index contributed by atoms with van der Waals surface area (Å²) < 4.78 is 10.9. The summed E-state index contributed by atoms with van der Waals surface area (Å²) in [5.74, 6) is 0.682. The zero-order chi connectivity index (χ0) is 16.1. The second-order valence-corrected chi connectivity index (χ2v) is 5.41. The minimum absolute atomic E-state index is 0.175. The summed E-state index contributed by atoms with van der Waals surface area (Å²) in [6, 6.07) is 12.8. The normalized spacial score (nSPS) is 12.2. The third-order valence-corrected chi connectivity index (χ3v) is 3.47. The van der Waals surface area contributed by atoms with Crippen LogP contribution in [-0.4, -0.2) is 17.6 Å². The van der Waals surface area contributed by atoms with Crippen LogP contribution in [-0.2, 0) is 6.54 Å². The van der Waals surface area contributed by atoms with Crippen LogP contribution in [0.1, 0.15) is 12.5 Å². The molecule has 0 spiro atoms. The summed E-state index contributed by atoms with van der Waals surface area (Å²) in [5, 5.41) is 4.25. The van der Waals surface area contributed by atoms with Gasteiger partial charge in [-0.1, -0.05) is 6.07 Å². The van der Waals surface area contributed by atoms with Gasteiger partial charge in [0.2, 0.25) is 0 Å². The second kappa shape index (κ2) is 7.07. The molecule has 0 bridgehead atoms. The zero-order valence-corrected chi connectivity index (χ0v) is 12.9. The fraction of sp³-hybridized carbons (Fsp3) is 0.222. The minimum Gasteiger partial charge on any atom is -0.492 e. The van der Waals surface area contributed by atoms with E-state index in [4.69, 9.17) is 9.15 Å². The molecule has 1 unspecified atom stereocenters. The standard InChI is InChI=1S/C18H18N2O3/c1-13(20-11-14-3-2-8-19-10-14)12-22-16-6-4-15-5-7-18(21)23-17(15)9-16/h2-10,13,20H,11-12H2,1H3. The Kier molecular flexibility index (Phi) is 4.68. The molecule has 118 valence electrons. The predicted octanol–water partition coefficient (Wildman–Crippen LogP) is 2.75. The largest absolute Gasteiger partial charge is 0.492 e. The van der Waals surface area contributed by atoms with Crippen LogP contribution in [0.4, 0.5) is 0 Å². The van der Waals surface area contributed by atoms with Gasteiger partial charge in [-0.05, 0) is 36.8 Å². The van der Waals surface area contributed by atoms with Gasteiger partial charge >= 0.3 is 5.63 Å². The number of rotatable bonds is 6. The molecule has 23 heavy (non-hydrogen) atoms. The topological polar surface area (TPSA) is 64.4 Å². The van der Waals surface area contributed by atoms with Gasteiger partial charge in [0.15, 0.2) is 0 Å². The van der Waals surface area contributed by atoms with E-state index in [1.807, 2.05) is 30.5 Å². The molecule has 2 heterocycles. The van der Waals surface area contributed by atoms with Crippen LogP contribution in [0.2, 0.25) is 0 Å². The smallest absolute Gasteiger partial charge is 0.336 e. The van der Waals surface area contributed by atoms with E-state index in [2.05, 4.69) is 17.2 Å². The summed E-state index contributed by atoms with van der Waals surface area (Å²) in [7, 11) is 0. The molecule has 3 aromatic rings. The lowest BCUT2D eigenvalue weighted by Crippen LogP contribution is -2.31. The molecule has 0 saturated heterocycles. The molecule has 0 aliphatic carbocycles. The van der Waals surface area contributed by atoms with Crippen molar-refractivity contribution in [2.45, 2.75) is 19.5 Å². The number of hydrogen-bond acceptors (Lipinski definition) is 5. The van der Waals surface area contributed by atoms with Gasteiger partial charge < -0.3 is 14.5 Å². The molecule has 0 radical (unpaired) electrons. The number of nitrogens with zero attached hydrogens (tertiary/aromatic N) is 1. The van der Waals surface area contributed by atoms with Gasteiger partial charge in [-0.25, -0.2) is 4.79 Å². The predicted molar refractivity (Wildman–Crippen MR) is 88.5 cm³/mol. The summed E-state index contributed by atoms with van der Waals surface area (Å²) in [6.07, 6.45) is 3.60. The quantitative estimate of drug-likeness (QED) is 0.709. The molecule has 0 aliphatic rings. The number of benzene rings is 1. The highest BCUT2D eigenvalue weighted by molar-refractivity contribution is 5.77. The Morgan fingerprint density at radius 3 is 2.96 bits per heavy atom. The average Bonchev–Trinajstić information content (AvgIpc) is 2.58. The highest BCUT2D eigenvalue weighted by Gasteiger charge is 2.05. The van der Waals surface area contributed by atoms with Crippen LogP contribution in [0.5, 0.6) is 5.75 Å². The molecule has 2 aromatic heterocycles. The minimum atomic E-state index is -0.360. The molecule has 3 rings (SSSR count). The first-order chi connectivity index (χ1) is 11.2. The lowest BCUT2D eigenvalue weighted by molar-refractivity contribution is 0.272. The maximum Gasteiger partial charge on any atom is 0.336 e. The van der Waals surface area contributed by atoms with E-state index in [0.29, 0.717) is 17.9 Å². The van der Waals surface area contributed by atoms with E-state index < -0.39 is 0 Å². The first kappa shape index (κ1) is 15.2. The van der Waals surface area contributed by atoms with Crippen molar-refractivity contribution in [2.75, 3.05) is 6.61 Å². The van der Waals surface area contributed by atoms with E-state index in [9.17, 15) is 4.79 Å². The number of pyridine rings is 1. The first-order valence-electron chi connectivity index (χ1n) is 7.50. The number of hydrogen-bond donors (Lipinski definition) is 1. The van der Waals surface area contributed by atoms with Crippen molar-refractivity contribution in [2.24, 2.45) is 0 Å². The van der Waals surface area contributed by atoms with Gasteiger partial charge in [-0.2, -0.15) is 0 Å². The molecule has 1 N–H and O–H groups in total. The van der Waals surface area contributed by atoms with Crippen molar-refractivity contribution in [3.05, 3.63) is 70.8 Å². The summed E-state index contributed by atoms with van der Waals surface area (Å²) in [4.78, 5) is 15.3. The highest BCUT2D eigenvalue weighted by atomic mass is 16.5. The van der Waals surface area contributed by atoms with Crippen LogP contribution in [0.15, 0.2) is 64.1 Å². The van der Waals surface area contributed by atoms with E-state index in [-0.39, 0.29) is 11.7 Å². The fourth-order valence-corrected chi connectivity index (χ4v) is 2.21. The molecule has 5 nitrogen and oxygen atoms in total. The second-order valence-electron chi connectivity index (χ2n) is 5.41. The van der Waals surface area contributed by atoms with Crippen LogP contribution in [0.25, 0.3) is 11.0 Å². The number of ether oxygens (including phenoxy) is 1. The highest BCUT2D eigenvalue weighted by Crippen LogP contribution is 2.19. The number of fused-ring (bicyclic) bond motifs is 1. The summed E-state index contributed by atoms with van der Waals surface area (Å²) >= 11 is 0. The Hall–Kier alpha value is -2.66. The molecule has 0 amide bonds. The van der Waals surface area contributed by atoms with Gasteiger partial charge in [0.05, 0.1) is 0 Å². The fourth-order valence-electron chi connectivity index (χ4n) is 2.21. The Morgan fingerprint density at radius 2 is 2.13 bits per heavy atom. The molecule has 1 aromatic carbocycles. The third-order valence-electron chi connectivity index (χ3n) is 3.47. The molecule has 0 aliphatic heterocycles. The third kappa shape index (κ3) is 4.17. The van der Waals surface area contributed by atoms with Crippen molar-refractivity contribution in [1.82, 2.24) is 10.3 Å². The molecule has 0 saturated carbocycles. The van der Waals surface area contributed by atoms with Crippen molar-refractivity contribution < 1.29 is 9.15 Å². The van der Waals surface area contributed by atoms with Crippen LogP contribution in [0, 0.1) is 0 Å². The lowest BCUT2D eigenvalue weighted by Gasteiger charge is -2.15. The number of nitrogens with one attached hydrogen (secondary N) is 1. The molecule has 1 atom stereocenters. The van der Waals surface area contributed by atoms with Gasteiger partial charge in [0, 0.05) is 42.5 Å². The molecule has 5 heteroatoms. The van der Waals surface area contributed by atoms with E-state index in [1.165, 1.54) is 6.07 Å². The van der Waals surface area contributed by atoms with E-state index in [0.717, 1.165) is 17.5 Å². The van der Waals surface area contributed by atoms with Crippen LogP contribution in [0.3, 0.4) is 0 Å².